The number of ether oxygens (including phenoxy) is 2. The van der Waals surface area contributed by atoms with Gasteiger partial charge in [0.2, 0.25) is 15.9 Å². The highest BCUT2D eigenvalue weighted by Crippen LogP contribution is 2.27. The molecular formula is C28H31N3O6S. The number of amides is 2. The Bertz CT molecular complexity index is 1360. The highest BCUT2D eigenvalue weighted by Gasteiger charge is 2.30. The monoisotopic (exact) mass is 537 g/mol. The van der Waals surface area contributed by atoms with Crippen molar-refractivity contribution in [2.75, 3.05) is 29.0 Å². The Labute approximate surface area is 222 Å². The maximum atomic E-state index is 13.2. The minimum absolute atomic E-state index is 0.0199. The van der Waals surface area contributed by atoms with Crippen LogP contribution < -0.4 is 19.7 Å². The standard InChI is InChI=1S/C28H31N3O6S/c1-20(27(32)30-26-13-7-6-12-25(26)28(33)29-19-24-11-8-18-36-24)31(38(2,34)35)21-14-16-23(17-15-21)37-22-9-4-3-5-10-22/h3-7,9-10,12-17,20,24H,8,11,18-19H2,1-2H3,(H,29,33)(H,30,32)/t20-,24+/m0/s1. The highest BCUT2D eigenvalue weighted by molar-refractivity contribution is 7.92. The van der Waals surface area contributed by atoms with Crippen molar-refractivity contribution in [3.05, 3.63) is 84.4 Å². The van der Waals surface area contributed by atoms with E-state index in [4.69, 9.17) is 9.47 Å². The fourth-order valence-corrected chi connectivity index (χ4v) is 5.40. The maximum Gasteiger partial charge on any atom is 0.253 e. The smallest absolute Gasteiger partial charge is 0.253 e. The quantitative estimate of drug-likeness (QED) is 0.401. The van der Waals surface area contributed by atoms with Crippen LogP contribution in [0, 0.1) is 0 Å². The molecule has 10 heteroatoms. The van der Waals surface area contributed by atoms with Crippen LogP contribution in [0.3, 0.4) is 0 Å². The first-order valence-electron chi connectivity index (χ1n) is 12.3. The Balaban J connectivity index is 1.48. The van der Waals surface area contributed by atoms with Crippen LogP contribution >= 0.6 is 0 Å². The summed E-state index contributed by atoms with van der Waals surface area (Å²) in [6, 6.07) is 21.1. The normalized spacial score (nSPS) is 15.9. The van der Waals surface area contributed by atoms with Crippen molar-refractivity contribution in [3.63, 3.8) is 0 Å². The van der Waals surface area contributed by atoms with Crippen LogP contribution in [-0.2, 0) is 19.6 Å². The molecule has 3 aromatic rings. The number of rotatable bonds is 10. The summed E-state index contributed by atoms with van der Waals surface area (Å²) in [6.45, 7) is 2.55. The first-order chi connectivity index (χ1) is 18.2. The summed E-state index contributed by atoms with van der Waals surface area (Å²) in [7, 11) is -3.83. The summed E-state index contributed by atoms with van der Waals surface area (Å²) in [6.07, 6.45) is 2.87. The average molecular weight is 538 g/mol. The largest absolute Gasteiger partial charge is 0.457 e. The molecule has 38 heavy (non-hydrogen) atoms. The first kappa shape index (κ1) is 27.2. The number of para-hydroxylation sites is 2. The Hall–Kier alpha value is -3.89. The lowest BCUT2D eigenvalue weighted by molar-refractivity contribution is -0.116. The molecule has 200 valence electrons. The van der Waals surface area contributed by atoms with Gasteiger partial charge in [0, 0.05) is 13.2 Å². The van der Waals surface area contributed by atoms with Crippen LogP contribution in [0.4, 0.5) is 11.4 Å². The van der Waals surface area contributed by atoms with Crippen molar-refractivity contribution in [2.24, 2.45) is 0 Å². The van der Waals surface area contributed by atoms with Crippen molar-refractivity contribution < 1.29 is 27.5 Å². The van der Waals surface area contributed by atoms with Gasteiger partial charge in [-0.1, -0.05) is 30.3 Å². The Kier molecular flexibility index (Phi) is 8.65. The predicted octanol–water partition coefficient (Wildman–Crippen LogP) is 4.18. The Morgan fingerprint density at radius 3 is 2.32 bits per heavy atom. The van der Waals surface area contributed by atoms with Gasteiger partial charge >= 0.3 is 0 Å². The SMILES string of the molecule is C[C@@H](C(=O)Nc1ccccc1C(=O)NC[C@H]1CCCO1)N(c1ccc(Oc2ccccc2)cc1)S(C)(=O)=O. The molecule has 1 aliphatic rings. The van der Waals surface area contributed by atoms with Gasteiger partial charge in [-0.2, -0.15) is 0 Å². The maximum absolute atomic E-state index is 13.2. The second-order valence-corrected chi connectivity index (χ2v) is 10.9. The first-order valence-corrected chi connectivity index (χ1v) is 14.2. The number of nitrogens with one attached hydrogen (secondary N) is 2. The van der Waals surface area contributed by atoms with Gasteiger partial charge in [0.15, 0.2) is 0 Å². The van der Waals surface area contributed by atoms with E-state index in [2.05, 4.69) is 10.6 Å². The molecule has 0 spiro atoms. The third kappa shape index (κ3) is 6.90. The van der Waals surface area contributed by atoms with E-state index in [1.807, 2.05) is 30.3 Å². The van der Waals surface area contributed by atoms with Crippen LogP contribution in [0.1, 0.15) is 30.1 Å². The zero-order valence-corrected chi connectivity index (χ0v) is 22.1. The van der Waals surface area contributed by atoms with E-state index in [-0.39, 0.29) is 23.3 Å². The summed E-state index contributed by atoms with van der Waals surface area (Å²) >= 11 is 0. The summed E-state index contributed by atoms with van der Waals surface area (Å²) in [4.78, 5) is 26.0. The van der Waals surface area contributed by atoms with Gasteiger partial charge in [-0.25, -0.2) is 8.42 Å². The zero-order valence-electron chi connectivity index (χ0n) is 21.3. The van der Waals surface area contributed by atoms with Crippen LogP contribution in [-0.4, -0.2) is 51.8 Å². The zero-order chi connectivity index (χ0) is 27.1. The topological polar surface area (TPSA) is 114 Å². The third-order valence-corrected chi connectivity index (χ3v) is 7.34. The summed E-state index contributed by atoms with van der Waals surface area (Å²) in [5.41, 5.74) is 0.867. The van der Waals surface area contributed by atoms with Gasteiger partial charge < -0.3 is 20.1 Å². The molecule has 0 radical (unpaired) electrons. The summed E-state index contributed by atoms with van der Waals surface area (Å²) < 4.78 is 37.8. The fraction of sp³-hybridized carbons (Fsp3) is 0.286. The molecule has 1 heterocycles. The van der Waals surface area contributed by atoms with E-state index in [0.717, 1.165) is 23.4 Å². The molecule has 1 saturated heterocycles. The summed E-state index contributed by atoms with van der Waals surface area (Å²) in [5.74, 6) is 0.234. The van der Waals surface area contributed by atoms with Gasteiger partial charge in [-0.05, 0) is 68.3 Å². The highest BCUT2D eigenvalue weighted by atomic mass is 32.2. The van der Waals surface area contributed by atoms with Gasteiger partial charge in [0.05, 0.1) is 29.3 Å². The van der Waals surface area contributed by atoms with Crippen LogP contribution in [0.2, 0.25) is 0 Å². The van der Waals surface area contributed by atoms with E-state index < -0.39 is 22.0 Å². The lowest BCUT2D eigenvalue weighted by atomic mass is 10.1. The fourth-order valence-electron chi connectivity index (χ4n) is 4.23. The van der Waals surface area contributed by atoms with Gasteiger partial charge in [-0.3, -0.25) is 13.9 Å². The minimum atomic E-state index is -3.83. The molecule has 0 bridgehead atoms. The van der Waals surface area contributed by atoms with E-state index in [9.17, 15) is 18.0 Å². The lowest BCUT2D eigenvalue weighted by Gasteiger charge is -2.28. The number of nitrogens with zero attached hydrogens (tertiary/aromatic N) is 1. The number of hydrogen-bond acceptors (Lipinski definition) is 6. The molecule has 2 N–H and O–H groups in total. The Morgan fingerprint density at radius 2 is 1.66 bits per heavy atom. The lowest BCUT2D eigenvalue weighted by Crippen LogP contribution is -2.45. The second-order valence-electron chi connectivity index (χ2n) is 9.02. The van der Waals surface area contributed by atoms with Gasteiger partial charge in [0.25, 0.3) is 5.91 Å². The Morgan fingerprint density at radius 1 is 1.00 bits per heavy atom. The van der Waals surface area contributed by atoms with Crippen LogP contribution in [0.5, 0.6) is 11.5 Å². The van der Waals surface area contributed by atoms with Crippen molar-refractivity contribution in [2.45, 2.75) is 31.9 Å². The number of anilines is 2. The summed E-state index contributed by atoms with van der Waals surface area (Å²) in [5, 5.41) is 5.57. The molecule has 0 unspecified atom stereocenters. The molecule has 4 rings (SSSR count). The molecular weight excluding hydrogens is 506 g/mol. The number of sulfonamides is 1. The van der Waals surface area contributed by atoms with Crippen LogP contribution in [0.25, 0.3) is 0 Å². The molecule has 2 amide bonds. The van der Waals surface area contributed by atoms with Crippen molar-refractivity contribution >= 4 is 33.2 Å². The van der Waals surface area contributed by atoms with E-state index >= 15 is 0 Å². The van der Waals surface area contributed by atoms with Gasteiger partial charge in [0.1, 0.15) is 17.5 Å². The minimum Gasteiger partial charge on any atom is -0.457 e. The van der Waals surface area contributed by atoms with E-state index in [1.54, 1.807) is 48.5 Å². The van der Waals surface area contributed by atoms with E-state index in [0.29, 0.717) is 30.3 Å². The second kappa shape index (κ2) is 12.1. The van der Waals surface area contributed by atoms with Crippen molar-refractivity contribution in [1.29, 1.82) is 0 Å². The van der Waals surface area contributed by atoms with Crippen molar-refractivity contribution in [3.8, 4) is 11.5 Å². The molecule has 3 aromatic carbocycles. The molecule has 0 aliphatic carbocycles. The van der Waals surface area contributed by atoms with Crippen LogP contribution in [0.15, 0.2) is 78.9 Å². The number of benzene rings is 3. The predicted molar refractivity (Wildman–Crippen MR) is 146 cm³/mol. The van der Waals surface area contributed by atoms with Crippen molar-refractivity contribution in [1.82, 2.24) is 5.32 Å². The molecule has 0 aromatic heterocycles. The molecule has 1 aliphatic heterocycles. The third-order valence-electron chi connectivity index (χ3n) is 6.10. The number of carbonyl (C=O) groups is 2. The van der Waals surface area contributed by atoms with Gasteiger partial charge in [-0.15, -0.1) is 0 Å². The molecule has 9 nitrogen and oxygen atoms in total. The molecule has 1 fully saturated rings. The average Bonchev–Trinajstić information content (AvgIpc) is 3.42. The van der Waals surface area contributed by atoms with E-state index in [1.165, 1.54) is 6.92 Å². The number of hydrogen-bond donors (Lipinski definition) is 2. The number of carbonyl (C=O) groups excluding carboxylic acids is 2. The molecule has 0 saturated carbocycles. The molecule has 2 atom stereocenters.